The summed E-state index contributed by atoms with van der Waals surface area (Å²) < 4.78 is 6.05. The average molecular weight is 196 g/mol. The Labute approximate surface area is 83.7 Å². The van der Waals surface area contributed by atoms with Crippen LogP contribution in [0.4, 0.5) is 0 Å². The number of fused-ring (bicyclic) bond motifs is 2. The highest BCUT2D eigenvalue weighted by molar-refractivity contribution is 6.12. The van der Waals surface area contributed by atoms with Crippen molar-refractivity contribution in [2.45, 2.75) is 43.7 Å². The Morgan fingerprint density at radius 2 is 2.00 bits per heavy atom. The summed E-state index contributed by atoms with van der Waals surface area (Å²) in [5.74, 6) is 2.98. The van der Waals surface area contributed by atoms with E-state index in [1.54, 1.807) is 6.42 Å². The minimum absolute atomic E-state index is 0.682. The van der Waals surface area contributed by atoms with Crippen molar-refractivity contribution in [2.24, 2.45) is 17.8 Å². The molecule has 3 saturated carbocycles. The van der Waals surface area contributed by atoms with Crippen LogP contribution in [0.1, 0.15) is 32.1 Å². The van der Waals surface area contributed by atoms with Gasteiger partial charge >= 0.3 is 0 Å². The minimum Gasteiger partial charge on any atom is -0.378 e. The smallest absolute Gasteiger partial charge is 0.0605 e. The molecule has 13 heavy (non-hydrogen) atoms. The maximum absolute atomic E-state index is 6.05. The van der Waals surface area contributed by atoms with Crippen LogP contribution in [0.15, 0.2) is 0 Å². The van der Waals surface area contributed by atoms with Crippen LogP contribution in [-0.4, -0.2) is 23.0 Å². The molecular weight excluding hydrogens is 176 g/mol. The second kappa shape index (κ2) is 3.09. The normalized spacial score (nSPS) is 48.9. The molecule has 0 heterocycles. The van der Waals surface area contributed by atoms with E-state index < -0.39 is 0 Å². The zero-order valence-corrected chi connectivity index (χ0v) is 10.5. The van der Waals surface area contributed by atoms with Crippen LogP contribution in [0.5, 0.6) is 0 Å². The molecule has 2 heteroatoms. The molecule has 0 amide bonds. The van der Waals surface area contributed by atoms with Gasteiger partial charge in [0, 0.05) is 16.8 Å². The summed E-state index contributed by atoms with van der Waals surface area (Å²) >= 11 is 0. The maximum atomic E-state index is 6.05. The average Bonchev–Trinajstić information content (AvgIpc) is 2.76. The maximum Gasteiger partial charge on any atom is 0.0605 e. The van der Waals surface area contributed by atoms with E-state index in [2.05, 4.69) is 0 Å². The molecule has 3 aliphatic rings. The Balaban J connectivity index is 1.53. The zero-order valence-electron chi connectivity index (χ0n) is 8.54. The quantitative estimate of drug-likeness (QED) is 0.620. The van der Waals surface area contributed by atoms with Gasteiger partial charge in [-0.05, 0) is 49.0 Å². The first-order valence-electron chi connectivity index (χ1n) is 5.94. The first-order chi connectivity index (χ1) is 6.33. The second-order valence-electron chi connectivity index (χ2n) is 5.53. The molecule has 0 aromatic rings. The van der Waals surface area contributed by atoms with E-state index in [1.165, 1.54) is 35.9 Å². The monoisotopic (exact) mass is 196 g/mol. The van der Waals surface area contributed by atoms with Crippen molar-refractivity contribution in [3.63, 3.8) is 0 Å². The third kappa shape index (κ3) is 1.59. The third-order valence-corrected chi connectivity index (χ3v) is 5.66. The molecule has 74 valence electrons. The third-order valence-electron chi connectivity index (χ3n) is 4.33. The van der Waals surface area contributed by atoms with Crippen molar-refractivity contribution in [2.75, 3.05) is 6.61 Å². The molecule has 3 fully saturated rings. The standard InChI is InChI=1S/C11H20OSi/c13-11-5-8-3-9(11)10(4-8)12-6-7-1-2-7/h7-11H,1-6H2,13H3. The molecule has 0 aromatic carbocycles. The van der Waals surface area contributed by atoms with E-state index in [0.717, 1.165) is 29.9 Å². The first-order valence-corrected chi connectivity index (χ1v) is 7.10. The summed E-state index contributed by atoms with van der Waals surface area (Å²) in [6, 6.07) is 0. The fourth-order valence-corrected chi connectivity index (χ4v) is 4.73. The Morgan fingerprint density at radius 3 is 2.62 bits per heavy atom. The predicted octanol–water partition coefficient (Wildman–Crippen LogP) is 1.37. The van der Waals surface area contributed by atoms with E-state index >= 15 is 0 Å². The van der Waals surface area contributed by atoms with Crippen LogP contribution in [0, 0.1) is 17.8 Å². The van der Waals surface area contributed by atoms with Crippen molar-refractivity contribution < 1.29 is 4.74 Å². The highest BCUT2D eigenvalue weighted by Crippen LogP contribution is 2.51. The lowest BCUT2D eigenvalue weighted by Crippen LogP contribution is -2.25. The van der Waals surface area contributed by atoms with Crippen molar-refractivity contribution in [3.8, 4) is 0 Å². The molecule has 0 spiro atoms. The van der Waals surface area contributed by atoms with Crippen molar-refractivity contribution in [1.29, 1.82) is 0 Å². The van der Waals surface area contributed by atoms with Crippen LogP contribution in [0.2, 0.25) is 5.54 Å². The molecule has 0 saturated heterocycles. The lowest BCUT2D eigenvalue weighted by atomic mass is 9.97. The number of rotatable bonds is 3. The number of hydrogen-bond donors (Lipinski definition) is 0. The predicted molar refractivity (Wildman–Crippen MR) is 57.0 cm³/mol. The molecule has 0 aliphatic heterocycles. The number of hydrogen-bond acceptors (Lipinski definition) is 1. The van der Waals surface area contributed by atoms with Crippen LogP contribution in [0.25, 0.3) is 0 Å². The first kappa shape index (κ1) is 8.48. The lowest BCUT2D eigenvalue weighted by Gasteiger charge is -2.27. The van der Waals surface area contributed by atoms with Crippen LogP contribution >= 0.6 is 0 Å². The van der Waals surface area contributed by atoms with Gasteiger partial charge in [0.1, 0.15) is 0 Å². The zero-order chi connectivity index (χ0) is 8.84. The summed E-state index contributed by atoms with van der Waals surface area (Å²) in [6.07, 6.45) is 8.00. The highest BCUT2D eigenvalue weighted by Gasteiger charge is 2.44. The molecule has 4 unspecified atom stereocenters. The van der Waals surface area contributed by atoms with Gasteiger partial charge in [-0.25, -0.2) is 0 Å². The van der Waals surface area contributed by atoms with Crippen LogP contribution in [0.3, 0.4) is 0 Å². The Morgan fingerprint density at radius 1 is 1.15 bits per heavy atom. The van der Waals surface area contributed by atoms with Gasteiger partial charge in [-0.2, -0.15) is 0 Å². The molecule has 3 aliphatic carbocycles. The van der Waals surface area contributed by atoms with E-state index in [4.69, 9.17) is 4.74 Å². The van der Waals surface area contributed by atoms with Gasteiger partial charge < -0.3 is 4.74 Å². The van der Waals surface area contributed by atoms with Gasteiger partial charge in [0.05, 0.1) is 6.10 Å². The van der Waals surface area contributed by atoms with Crippen LogP contribution in [-0.2, 0) is 4.74 Å². The van der Waals surface area contributed by atoms with Gasteiger partial charge in [0.25, 0.3) is 0 Å². The fourth-order valence-electron chi connectivity index (χ4n) is 3.36. The largest absolute Gasteiger partial charge is 0.378 e. The summed E-state index contributed by atoms with van der Waals surface area (Å²) in [6.45, 7) is 1.09. The molecule has 0 aromatic heterocycles. The summed E-state index contributed by atoms with van der Waals surface area (Å²) in [5.41, 5.74) is 1.09. The SMILES string of the molecule is [SiH3]C1CC2CC(OCC3CC3)C1C2. The number of ether oxygens (including phenoxy) is 1. The van der Waals surface area contributed by atoms with Crippen LogP contribution < -0.4 is 0 Å². The van der Waals surface area contributed by atoms with E-state index in [-0.39, 0.29) is 0 Å². The van der Waals surface area contributed by atoms with Gasteiger partial charge in [-0.15, -0.1) is 0 Å². The fraction of sp³-hybridized carbons (Fsp3) is 1.00. The van der Waals surface area contributed by atoms with E-state index in [0.29, 0.717) is 6.10 Å². The Bertz CT molecular complexity index is 202. The topological polar surface area (TPSA) is 9.23 Å². The molecule has 4 atom stereocenters. The molecule has 3 rings (SSSR count). The lowest BCUT2D eigenvalue weighted by molar-refractivity contribution is 0.0110. The summed E-state index contributed by atoms with van der Waals surface area (Å²) in [4.78, 5) is 0. The highest BCUT2D eigenvalue weighted by atomic mass is 28.1. The minimum atomic E-state index is 0.682. The molecule has 2 bridgehead atoms. The molecular formula is C11H20OSi. The second-order valence-corrected chi connectivity index (χ2v) is 7.01. The summed E-state index contributed by atoms with van der Waals surface area (Å²) in [5, 5.41) is 0. The van der Waals surface area contributed by atoms with E-state index in [1.807, 2.05) is 0 Å². The molecule has 1 nitrogen and oxygen atoms in total. The Hall–Kier alpha value is 0.177. The summed E-state index contributed by atoms with van der Waals surface area (Å²) in [7, 11) is 1.40. The molecule has 0 N–H and O–H groups in total. The van der Waals surface area contributed by atoms with E-state index in [9.17, 15) is 0 Å². The Kier molecular flexibility index (Phi) is 2.02. The van der Waals surface area contributed by atoms with Gasteiger partial charge in [-0.1, -0.05) is 6.42 Å². The van der Waals surface area contributed by atoms with Gasteiger partial charge in [0.2, 0.25) is 0 Å². The van der Waals surface area contributed by atoms with Crippen molar-refractivity contribution in [3.05, 3.63) is 0 Å². The van der Waals surface area contributed by atoms with Crippen molar-refractivity contribution >= 4 is 10.2 Å². The molecule has 0 radical (unpaired) electrons. The van der Waals surface area contributed by atoms with Gasteiger partial charge in [0.15, 0.2) is 0 Å². The van der Waals surface area contributed by atoms with Gasteiger partial charge in [-0.3, -0.25) is 0 Å². The van der Waals surface area contributed by atoms with Crippen molar-refractivity contribution in [1.82, 2.24) is 0 Å².